The number of fused-ring (bicyclic) bond motifs is 1. The summed E-state index contributed by atoms with van der Waals surface area (Å²) in [7, 11) is 0. The second-order valence-electron chi connectivity index (χ2n) is 5.25. The molecule has 1 amide bonds. The zero-order valence-electron chi connectivity index (χ0n) is 12.6. The van der Waals surface area contributed by atoms with Gasteiger partial charge < -0.3 is 20.5 Å². The van der Waals surface area contributed by atoms with Crippen molar-refractivity contribution in [3.8, 4) is 11.5 Å². The maximum atomic E-state index is 12.5. The average Bonchev–Trinajstić information content (AvgIpc) is 2.96. The fourth-order valence-electron chi connectivity index (χ4n) is 2.57. The number of hydrogen-bond acceptors (Lipinski definition) is 4. The molecule has 0 atom stereocenters. The van der Waals surface area contributed by atoms with Crippen molar-refractivity contribution in [3.05, 3.63) is 47.0 Å². The number of nitrogens with one attached hydrogen (secondary N) is 1. The number of nitrogen functional groups attached to an aromatic ring is 1. The van der Waals surface area contributed by atoms with Crippen LogP contribution >= 0.6 is 0 Å². The number of rotatable bonds is 3. The zero-order chi connectivity index (χ0) is 15.7. The van der Waals surface area contributed by atoms with Crippen molar-refractivity contribution in [1.29, 1.82) is 0 Å². The van der Waals surface area contributed by atoms with Gasteiger partial charge >= 0.3 is 0 Å². The predicted molar refractivity (Wildman–Crippen MR) is 85.5 cm³/mol. The number of anilines is 2. The van der Waals surface area contributed by atoms with E-state index < -0.39 is 0 Å². The first-order valence-corrected chi connectivity index (χ1v) is 7.18. The van der Waals surface area contributed by atoms with Gasteiger partial charge in [-0.1, -0.05) is 6.92 Å². The van der Waals surface area contributed by atoms with Crippen molar-refractivity contribution in [3.63, 3.8) is 0 Å². The van der Waals surface area contributed by atoms with Crippen molar-refractivity contribution in [1.82, 2.24) is 0 Å². The number of hydrogen-bond donors (Lipinski definition) is 2. The minimum Gasteiger partial charge on any atom is -0.454 e. The average molecular weight is 298 g/mol. The molecule has 1 aliphatic rings. The summed E-state index contributed by atoms with van der Waals surface area (Å²) in [6.45, 7) is 4.16. The second-order valence-corrected chi connectivity index (χ2v) is 5.25. The summed E-state index contributed by atoms with van der Waals surface area (Å²) >= 11 is 0. The first kappa shape index (κ1) is 14.3. The summed E-state index contributed by atoms with van der Waals surface area (Å²) in [5.41, 5.74) is 9.89. The number of aryl methyl sites for hydroxylation is 2. The van der Waals surface area contributed by atoms with E-state index in [2.05, 4.69) is 5.32 Å². The smallest absolute Gasteiger partial charge is 0.255 e. The lowest BCUT2D eigenvalue weighted by atomic mass is 10.0. The summed E-state index contributed by atoms with van der Waals surface area (Å²) in [5, 5.41) is 2.97. The quantitative estimate of drug-likeness (QED) is 0.854. The van der Waals surface area contributed by atoms with Gasteiger partial charge in [-0.05, 0) is 54.8 Å². The van der Waals surface area contributed by atoms with Crippen LogP contribution in [0.3, 0.4) is 0 Å². The molecule has 2 aromatic rings. The molecule has 5 heteroatoms. The minimum absolute atomic E-state index is 0.180. The first-order chi connectivity index (χ1) is 10.6. The van der Waals surface area contributed by atoms with Crippen LogP contribution in [0.1, 0.15) is 28.4 Å². The van der Waals surface area contributed by atoms with Gasteiger partial charge in [0.2, 0.25) is 6.79 Å². The molecule has 114 valence electrons. The lowest BCUT2D eigenvalue weighted by Crippen LogP contribution is -2.14. The van der Waals surface area contributed by atoms with Gasteiger partial charge in [0.05, 0.1) is 0 Å². The van der Waals surface area contributed by atoms with Crippen LogP contribution in [0, 0.1) is 6.92 Å². The molecule has 1 heterocycles. The van der Waals surface area contributed by atoms with Crippen LogP contribution in [0.4, 0.5) is 11.4 Å². The van der Waals surface area contributed by atoms with Gasteiger partial charge in [0.1, 0.15) is 0 Å². The molecule has 22 heavy (non-hydrogen) atoms. The van der Waals surface area contributed by atoms with Crippen LogP contribution in [0.15, 0.2) is 30.3 Å². The summed E-state index contributed by atoms with van der Waals surface area (Å²) in [6.07, 6.45) is 0.794. The molecule has 0 unspecified atom stereocenters. The number of carbonyl (C=O) groups is 1. The topological polar surface area (TPSA) is 73.6 Å². The SMILES string of the molecule is CCc1cc(N)cc(C)c1NC(=O)c1ccc2c(c1)OCO2. The Bertz CT molecular complexity index is 741. The molecule has 0 radical (unpaired) electrons. The molecular formula is C17H18N2O3. The lowest BCUT2D eigenvalue weighted by molar-refractivity contribution is 0.102. The molecule has 0 fully saturated rings. The standard InChI is InChI=1S/C17H18N2O3/c1-3-11-7-13(18)6-10(2)16(11)19-17(20)12-4-5-14-15(8-12)22-9-21-14/h4-8H,3,9,18H2,1-2H3,(H,19,20). The Morgan fingerprint density at radius 3 is 2.77 bits per heavy atom. The molecule has 0 saturated heterocycles. The molecule has 0 aromatic heterocycles. The third-order valence-corrected chi connectivity index (χ3v) is 3.69. The van der Waals surface area contributed by atoms with E-state index >= 15 is 0 Å². The molecule has 0 saturated carbocycles. The van der Waals surface area contributed by atoms with E-state index in [4.69, 9.17) is 15.2 Å². The highest BCUT2D eigenvalue weighted by molar-refractivity contribution is 6.05. The number of nitrogens with two attached hydrogens (primary N) is 1. The van der Waals surface area contributed by atoms with E-state index in [1.807, 2.05) is 26.0 Å². The number of ether oxygens (including phenoxy) is 2. The van der Waals surface area contributed by atoms with Crippen LogP contribution in [0.2, 0.25) is 0 Å². The summed E-state index contributed by atoms with van der Waals surface area (Å²) in [5.74, 6) is 1.08. The van der Waals surface area contributed by atoms with E-state index in [1.54, 1.807) is 18.2 Å². The Morgan fingerprint density at radius 2 is 2.00 bits per heavy atom. The van der Waals surface area contributed by atoms with Gasteiger partial charge in [0.15, 0.2) is 11.5 Å². The summed E-state index contributed by atoms with van der Waals surface area (Å²) in [6, 6.07) is 8.90. The highest BCUT2D eigenvalue weighted by atomic mass is 16.7. The Morgan fingerprint density at radius 1 is 1.23 bits per heavy atom. The maximum Gasteiger partial charge on any atom is 0.255 e. The van der Waals surface area contributed by atoms with Gasteiger partial charge in [-0.3, -0.25) is 4.79 Å². The highest BCUT2D eigenvalue weighted by Crippen LogP contribution is 2.33. The Hall–Kier alpha value is -2.69. The van der Waals surface area contributed by atoms with Gasteiger partial charge in [-0.25, -0.2) is 0 Å². The van der Waals surface area contributed by atoms with E-state index in [-0.39, 0.29) is 12.7 Å². The summed E-state index contributed by atoms with van der Waals surface area (Å²) < 4.78 is 10.6. The molecule has 0 aliphatic carbocycles. The lowest BCUT2D eigenvalue weighted by Gasteiger charge is -2.14. The van der Waals surface area contributed by atoms with Gasteiger partial charge in [-0.15, -0.1) is 0 Å². The third kappa shape index (κ3) is 2.57. The Labute approximate surface area is 129 Å². The van der Waals surface area contributed by atoms with Crippen molar-refractivity contribution in [2.45, 2.75) is 20.3 Å². The van der Waals surface area contributed by atoms with E-state index in [0.29, 0.717) is 22.7 Å². The molecule has 3 rings (SSSR count). The molecular weight excluding hydrogens is 280 g/mol. The fourth-order valence-corrected chi connectivity index (χ4v) is 2.57. The molecule has 0 bridgehead atoms. The van der Waals surface area contributed by atoms with Crippen LogP contribution in [0.5, 0.6) is 11.5 Å². The second kappa shape index (κ2) is 5.60. The highest BCUT2D eigenvalue weighted by Gasteiger charge is 2.17. The number of carbonyl (C=O) groups excluding carboxylic acids is 1. The maximum absolute atomic E-state index is 12.5. The number of benzene rings is 2. The van der Waals surface area contributed by atoms with Crippen LogP contribution in [0.25, 0.3) is 0 Å². The Kier molecular flexibility index (Phi) is 3.63. The van der Waals surface area contributed by atoms with Crippen molar-refractivity contribution in [2.24, 2.45) is 0 Å². The largest absolute Gasteiger partial charge is 0.454 e. The minimum atomic E-state index is -0.180. The van der Waals surface area contributed by atoms with Crippen LogP contribution < -0.4 is 20.5 Å². The van der Waals surface area contributed by atoms with Gasteiger partial charge in [0, 0.05) is 16.9 Å². The summed E-state index contributed by atoms with van der Waals surface area (Å²) in [4.78, 5) is 12.5. The normalized spacial score (nSPS) is 12.3. The van der Waals surface area contributed by atoms with Gasteiger partial charge in [-0.2, -0.15) is 0 Å². The molecule has 2 aromatic carbocycles. The number of amides is 1. The monoisotopic (exact) mass is 298 g/mol. The van der Waals surface area contributed by atoms with Crippen molar-refractivity contribution >= 4 is 17.3 Å². The van der Waals surface area contributed by atoms with Crippen molar-refractivity contribution in [2.75, 3.05) is 17.8 Å². The third-order valence-electron chi connectivity index (χ3n) is 3.69. The predicted octanol–water partition coefficient (Wildman–Crippen LogP) is 3.12. The molecule has 3 N–H and O–H groups in total. The van der Waals surface area contributed by atoms with Gasteiger partial charge in [0.25, 0.3) is 5.91 Å². The fraction of sp³-hybridized carbons (Fsp3) is 0.235. The molecule has 5 nitrogen and oxygen atoms in total. The molecule has 0 spiro atoms. The first-order valence-electron chi connectivity index (χ1n) is 7.18. The molecule has 1 aliphatic heterocycles. The zero-order valence-corrected chi connectivity index (χ0v) is 12.6. The van der Waals surface area contributed by atoms with E-state index in [9.17, 15) is 4.79 Å². The van der Waals surface area contributed by atoms with Crippen LogP contribution in [-0.2, 0) is 6.42 Å². The Balaban J connectivity index is 1.89. The van der Waals surface area contributed by atoms with E-state index in [0.717, 1.165) is 23.2 Å². The van der Waals surface area contributed by atoms with E-state index in [1.165, 1.54) is 0 Å². The van der Waals surface area contributed by atoms with Crippen molar-refractivity contribution < 1.29 is 14.3 Å². The van der Waals surface area contributed by atoms with Crippen LogP contribution in [-0.4, -0.2) is 12.7 Å².